The molecule has 0 spiro atoms. The van der Waals surface area contributed by atoms with Gasteiger partial charge in [0.25, 0.3) is 0 Å². The summed E-state index contributed by atoms with van der Waals surface area (Å²) >= 11 is 6.49. The molecule has 10 nitrogen and oxygen atoms in total. The van der Waals surface area contributed by atoms with Crippen molar-refractivity contribution in [2.75, 3.05) is 20.2 Å². The molecule has 2 aliphatic carbocycles. The summed E-state index contributed by atoms with van der Waals surface area (Å²) in [7, 11) is 1.82. The van der Waals surface area contributed by atoms with Crippen LogP contribution in [-0.4, -0.2) is 84.3 Å². The summed E-state index contributed by atoms with van der Waals surface area (Å²) in [6, 6.07) is 0.188. The Kier molecular flexibility index (Phi) is 11.1. The van der Waals surface area contributed by atoms with E-state index in [4.69, 9.17) is 26.1 Å². The van der Waals surface area contributed by atoms with E-state index in [1.54, 1.807) is 0 Å². The summed E-state index contributed by atoms with van der Waals surface area (Å²) in [6.45, 7) is 8.80. The predicted octanol–water partition coefficient (Wildman–Crippen LogP) is 3.68. The number of hydrazine groups is 1. The number of rotatable bonds is 9. The summed E-state index contributed by atoms with van der Waals surface area (Å²) in [5.41, 5.74) is 7.69. The second kappa shape index (κ2) is 14.1. The lowest BCUT2D eigenvalue weighted by molar-refractivity contribution is -0.121. The maximum Gasteiger partial charge on any atom is 0.407 e. The highest BCUT2D eigenvalue weighted by Crippen LogP contribution is 2.41. The van der Waals surface area contributed by atoms with Gasteiger partial charge in [0, 0.05) is 43.2 Å². The molecule has 3 fully saturated rings. The van der Waals surface area contributed by atoms with Crippen LogP contribution in [0.2, 0.25) is 0 Å². The number of hydrogen-bond donors (Lipinski definition) is 4. The number of carbonyl (C=O) groups is 2. The van der Waals surface area contributed by atoms with Gasteiger partial charge in [0.15, 0.2) is 0 Å². The lowest BCUT2D eigenvalue weighted by Crippen LogP contribution is -2.55. The molecule has 40 heavy (non-hydrogen) atoms. The van der Waals surface area contributed by atoms with Gasteiger partial charge in [-0.25, -0.2) is 15.6 Å². The first-order valence-electron chi connectivity index (χ1n) is 15.3. The Morgan fingerprint density at radius 3 is 2.42 bits per heavy atom. The summed E-state index contributed by atoms with van der Waals surface area (Å²) in [5.74, 6) is 0.760. The third-order valence-electron chi connectivity index (χ3n) is 8.81. The first-order chi connectivity index (χ1) is 19.1. The zero-order chi connectivity index (χ0) is 28.9. The zero-order valence-corrected chi connectivity index (χ0v) is 25.8. The Morgan fingerprint density at radius 2 is 1.75 bits per heavy atom. The number of fused-ring (bicyclic) bond motifs is 3. The number of unbranched alkanes of at least 4 members (excludes halogenated alkanes) is 1. The van der Waals surface area contributed by atoms with Gasteiger partial charge in [0.1, 0.15) is 5.60 Å². The average Bonchev–Trinajstić information content (AvgIpc) is 3.22. The van der Waals surface area contributed by atoms with Crippen molar-refractivity contribution in [1.82, 2.24) is 26.4 Å². The molecule has 6 atom stereocenters. The van der Waals surface area contributed by atoms with Gasteiger partial charge in [-0.2, -0.15) is 0 Å². The van der Waals surface area contributed by atoms with E-state index < -0.39 is 11.7 Å². The highest BCUT2D eigenvalue weighted by Gasteiger charge is 2.50. The number of hydrogen-bond acceptors (Lipinski definition) is 8. The number of amides is 2. The van der Waals surface area contributed by atoms with Crippen molar-refractivity contribution in [2.45, 2.75) is 133 Å². The van der Waals surface area contributed by atoms with Crippen LogP contribution in [0.15, 0.2) is 4.99 Å². The quantitative estimate of drug-likeness (QED) is 0.242. The number of alkyl carbamates (subject to hydrolysis) is 1. The van der Waals surface area contributed by atoms with E-state index >= 15 is 0 Å². The van der Waals surface area contributed by atoms with Crippen LogP contribution in [0.3, 0.4) is 0 Å². The van der Waals surface area contributed by atoms with Crippen molar-refractivity contribution in [2.24, 2.45) is 16.8 Å². The van der Waals surface area contributed by atoms with Crippen LogP contribution >= 0.6 is 11.6 Å². The van der Waals surface area contributed by atoms with Gasteiger partial charge >= 0.3 is 6.09 Å². The minimum absolute atomic E-state index is 0.0126. The largest absolute Gasteiger partial charge is 0.444 e. The van der Waals surface area contributed by atoms with Crippen LogP contribution in [-0.2, 0) is 14.3 Å². The third kappa shape index (κ3) is 8.31. The molecule has 0 bridgehead atoms. The maximum absolute atomic E-state index is 13.2. The Morgan fingerprint density at radius 1 is 1.05 bits per heavy atom. The van der Waals surface area contributed by atoms with Crippen LogP contribution < -0.4 is 21.5 Å². The summed E-state index contributed by atoms with van der Waals surface area (Å²) in [4.78, 5) is 33.0. The van der Waals surface area contributed by atoms with E-state index in [0.717, 1.165) is 57.8 Å². The number of alkyl halides is 1. The van der Waals surface area contributed by atoms with Gasteiger partial charge in [-0.15, -0.1) is 11.6 Å². The van der Waals surface area contributed by atoms with Crippen LogP contribution in [0.1, 0.15) is 91.9 Å². The smallest absolute Gasteiger partial charge is 0.407 e. The molecule has 11 heteroatoms. The fourth-order valence-corrected chi connectivity index (χ4v) is 7.16. The zero-order valence-electron chi connectivity index (χ0n) is 25.0. The van der Waals surface area contributed by atoms with Crippen LogP contribution in [0, 0.1) is 11.8 Å². The van der Waals surface area contributed by atoms with Crippen molar-refractivity contribution < 1.29 is 19.1 Å². The second-order valence-electron chi connectivity index (χ2n) is 13.0. The van der Waals surface area contributed by atoms with Crippen molar-refractivity contribution in [3.63, 3.8) is 0 Å². The Labute approximate surface area is 245 Å². The molecule has 2 aliphatic heterocycles. The Bertz CT molecular complexity index is 890. The second-order valence-corrected chi connectivity index (χ2v) is 13.6. The van der Waals surface area contributed by atoms with Crippen molar-refractivity contribution in [3.05, 3.63) is 0 Å². The molecule has 2 amide bonds. The number of nitrogens with one attached hydrogen (secondary N) is 4. The number of nitrogens with zero attached hydrogens (tertiary/aromatic N) is 2. The lowest BCUT2D eigenvalue weighted by atomic mass is 9.72. The molecular weight excluding hydrogens is 532 g/mol. The number of ether oxygens (including phenoxy) is 2. The average molecular weight is 583 g/mol. The topological polar surface area (TPSA) is 116 Å². The molecule has 2 heterocycles. The molecule has 4 N–H and O–H groups in total. The van der Waals surface area contributed by atoms with Gasteiger partial charge in [0.2, 0.25) is 5.91 Å². The van der Waals surface area contributed by atoms with Gasteiger partial charge < -0.3 is 20.1 Å². The van der Waals surface area contributed by atoms with Crippen molar-refractivity contribution in [1.29, 1.82) is 0 Å². The molecule has 4 aliphatic rings. The monoisotopic (exact) mass is 582 g/mol. The van der Waals surface area contributed by atoms with E-state index in [1.807, 2.05) is 27.9 Å². The van der Waals surface area contributed by atoms with Crippen molar-refractivity contribution in [3.8, 4) is 0 Å². The van der Waals surface area contributed by atoms with E-state index in [0.29, 0.717) is 37.4 Å². The molecule has 2 saturated carbocycles. The fraction of sp³-hybridized carbons (Fsp3) is 0.897. The molecule has 0 aromatic rings. The molecule has 5 unspecified atom stereocenters. The Balaban J connectivity index is 1.39. The molecule has 228 valence electrons. The molecule has 4 rings (SSSR count). The van der Waals surface area contributed by atoms with Gasteiger partial charge in [0.05, 0.1) is 30.9 Å². The number of halogens is 1. The SMILES string of the molecule is COC1CCC2C(C1)C(C1CCC(Cl)CC1)=N[C@@H](CC(=O)NCCCCNC(=O)OC(C)(C)C)C1NNC(C)N21. The van der Waals surface area contributed by atoms with E-state index in [-0.39, 0.29) is 35.8 Å². The highest BCUT2D eigenvalue weighted by molar-refractivity contribution is 6.20. The summed E-state index contributed by atoms with van der Waals surface area (Å²) in [6.07, 6.45) is 9.09. The normalized spacial score (nSPS) is 34.7. The van der Waals surface area contributed by atoms with Gasteiger partial charge in [-0.05, 0) is 91.4 Å². The molecular formula is C29H51ClN6O4. The van der Waals surface area contributed by atoms with E-state index in [2.05, 4.69) is 33.3 Å². The van der Waals surface area contributed by atoms with Crippen molar-refractivity contribution >= 4 is 29.3 Å². The van der Waals surface area contributed by atoms with Gasteiger partial charge in [-0.1, -0.05) is 0 Å². The first kappa shape index (κ1) is 31.5. The molecule has 0 aromatic heterocycles. The predicted molar refractivity (Wildman–Crippen MR) is 157 cm³/mol. The first-order valence-corrected chi connectivity index (χ1v) is 15.8. The van der Waals surface area contributed by atoms with Crippen LogP contribution in [0.5, 0.6) is 0 Å². The summed E-state index contributed by atoms with van der Waals surface area (Å²) in [5, 5.41) is 6.12. The highest BCUT2D eigenvalue weighted by atomic mass is 35.5. The number of methoxy groups -OCH3 is 1. The van der Waals surface area contributed by atoms with E-state index in [1.165, 1.54) is 5.71 Å². The molecule has 1 saturated heterocycles. The Hall–Kier alpha value is -1.46. The number of carbonyl (C=O) groups excluding carboxylic acids is 2. The maximum atomic E-state index is 13.2. The third-order valence-corrected chi connectivity index (χ3v) is 9.25. The minimum atomic E-state index is -0.512. The van der Waals surface area contributed by atoms with Crippen LogP contribution in [0.25, 0.3) is 0 Å². The standard InChI is InChI=1S/C29H51ClN6O4/c1-18-34-35-27-23(17-25(37)31-14-6-7-15-32-28(38)40-29(2,3)4)33-26(19-8-10-20(30)11-9-19)22-16-21(39-5)12-13-24(22)36(18)27/h18-24,27,34-35H,6-17H2,1-5H3,(H,31,37)(H,32,38)/t18?,19?,20?,21?,22?,23-,24?,27?/m0/s1. The molecule has 0 aromatic carbocycles. The fourth-order valence-electron chi connectivity index (χ4n) is 6.91. The number of aliphatic imine (C=N–C) groups is 1. The summed E-state index contributed by atoms with van der Waals surface area (Å²) < 4.78 is 11.1. The molecule has 0 radical (unpaired) electrons. The van der Waals surface area contributed by atoms with E-state index in [9.17, 15) is 9.59 Å². The van der Waals surface area contributed by atoms with Crippen LogP contribution in [0.4, 0.5) is 4.79 Å². The minimum Gasteiger partial charge on any atom is -0.444 e. The van der Waals surface area contributed by atoms with Gasteiger partial charge in [-0.3, -0.25) is 14.7 Å². The lowest BCUT2D eigenvalue weighted by Gasteiger charge is -2.44.